The Kier molecular flexibility index (Phi) is 7.35. The van der Waals surface area contributed by atoms with E-state index in [1.807, 2.05) is 6.07 Å². The number of carbonyl (C=O) groups is 1. The largest absolute Gasteiger partial charge is 0.482 e. The summed E-state index contributed by atoms with van der Waals surface area (Å²) < 4.78 is 11.2. The second kappa shape index (κ2) is 9.95. The van der Waals surface area contributed by atoms with Gasteiger partial charge >= 0.3 is 0 Å². The SMILES string of the molecule is O=C(COc1ccc(Cl)cc1Cl)NC[C@@H]1C[NH+](Cc2ccccc2)CCO1. The summed E-state index contributed by atoms with van der Waals surface area (Å²) in [5, 5.41) is 3.77. The highest BCUT2D eigenvalue weighted by molar-refractivity contribution is 6.35. The lowest BCUT2D eigenvalue weighted by Crippen LogP contribution is -3.13. The van der Waals surface area contributed by atoms with Gasteiger partial charge in [0.15, 0.2) is 6.61 Å². The monoisotopic (exact) mass is 409 g/mol. The second-order valence-electron chi connectivity index (χ2n) is 6.53. The minimum atomic E-state index is -0.209. The van der Waals surface area contributed by atoms with E-state index < -0.39 is 0 Å². The molecular weight excluding hydrogens is 387 g/mol. The Balaban J connectivity index is 1.40. The number of morpholine rings is 1. The van der Waals surface area contributed by atoms with Crippen molar-refractivity contribution in [2.45, 2.75) is 12.6 Å². The number of halogens is 2. The van der Waals surface area contributed by atoms with Crippen LogP contribution in [0.4, 0.5) is 0 Å². The molecule has 2 aromatic carbocycles. The van der Waals surface area contributed by atoms with E-state index >= 15 is 0 Å². The summed E-state index contributed by atoms with van der Waals surface area (Å²) in [5.41, 5.74) is 1.31. The number of hydrogen-bond donors (Lipinski definition) is 2. The van der Waals surface area contributed by atoms with Crippen molar-refractivity contribution in [1.29, 1.82) is 0 Å². The minimum Gasteiger partial charge on any atom is -0.482 e. The average Bonchev–Trinajstić information content (AvgIpc) is 2.67. The number of carbonyl (C=O) groups excluding carboxylic acids is 1. The molecule has 0 bridgehead atoms. The van der Waals surface area contributed by atoms with Gasteiger partial charge in [0.25, 0.3) is 5.91 Å². The number of nitrogens with one attached hydrogen (secondary N) is 2. The van der Waals surface area contributed by atoms with E-state index in [2.05, 4.69) is 29.6 Å². The zero-order valence-corrected chi connectivity index (χ0v) is 16.4. The summed E-state index contributed by atoms with van der Waals surface area (Å²) in [6.07, 6.45) is 0.000493. The molecule has 2 aromatic rings. The summed E-state index contributed by atoms with van der Waals surface area (Å²) >= 11 is 11.9. The topological polar surface area (TPSA) is 52.0 Å². The zero-order chi connectivity index (χ0) is 19.1. The van der Waals surface area contributed by atoms with Crippen LogP contribution in [-0.2, 0) is 16.1 Å². The van der Waals surface area contributed by atoms with Crippen LogP contribution in [0.5, 0.6) is 5.75 Å². The minimum absolute atomic E-state index is 0.000493. The first-order valence-corrected chi connectivity index (χ1v) is 9.69. The highest BCUT2D eigenvalue weighted by Crippen LogP contribution is 2.27. The fourth-order valence-electron chi connectivity index (χ4n) is 3.04. The first kappa shape index (κ1) is 20.0. The van der Waals surface area contributed by atoms with E-state index in [0.29, 0.717) is 28.9 Å². The number of rotatable bonds is 7. The smallest absolute Gasteiger partial charge is 0.258 e. The molecule has 2 N–H and O–H groups in total. The van der Waals surface area contributed by atoms with Gasteiger partial charge < -0.3 is 19.7 Å². The summed E-state index contributed by atoms with van der Waals surface area (Å²) in [7, 11) is 0. The van der Waals surface area contributed by atoms with Crippen molar-refractivity contribution in [3.8, 4) is 5.75 Å². The fourth-order valence-corrected chi connectivity index (χ4v) is 3.51. The van der Waals surface area contributed by atoms with Gasteiger partial charge in [-0.15, -0.1) is 0 Å². The lowest BCUT2D eigenvalue weighted by molar-refractivity contribution is -0.925. The molecule has 144 valence electrons. The molecule has 2 atom stereocenters. The molecule has 1 heterocycles. The molecule has 0 aromatic heterocycles. The van der Waals surface area contributed by atoms with Gasteiger partial charge in [-0.05, 0) is 18.2 Å². The summed E-state index contributed by atoms with van der Waals surface area (Å²) in [6.45, 7) is 3.85. The Morgan fingerprint density at radius 1 is 1.22 bits per heavy atom. The Hall–Kier alpha value is -1.79. The standard InChI is InChI=1S/C20H22Cl2N2O3/c21-16-6-7-19(18(22)10-16)27-14-20(25)23-11-17-13-24(8-9-26-17)12-15-4-2-1-3-5-15/h1-7,10,17H,8-9,11-14H2,(H,23,25)/p+1/t17-/m1/s1. The van der Waals surface area contributed by atoms with Crippen LogP contribution in [-0.4, -0.2) is 44.9 Å². The maximum Gasteiger partial charge on any atom is 0.258 e. The van der Waals surface area contributed by atoms with Gasteiger partial charge in [0.05, 0.1) is 11.6 Å². The molecule has 1 aliphatic heterocycles. The van der Waals surface area contributed by atoms with Crippen LogP contribution >= 0.6 is 23.2 Å². The van der Waals surface area contributed by atoms with Crippen LogP contribution in [0, 0.1) is 0 Å². The lowest BCUT2D eigenvalue weighted by Gasteiger charge is -2.30. The van der Waals surface area contributed by atoms with Crippen molar-refractivity contribution in [1.82, 2.24) is 5.32 Å². The number of hydrogen-bond acceptors (Lipinski definition) is 3. The average molecular weight is 410 g/mol. The van der Waals surface area contributed by atoms with Crippen molar-refractivity contribution in [2.24, 2.45) is 0 Å². The first-order valence-electron chi connectivity index (χ1n) is 8.94. The Labute approximate surface area is 169 Å². The van der Waals surface area contributed by atoms with Crippen LogP contribution in [0.3, 0.4) is 0 Å². The molecule has 5 nitrogen and oxygen atoms in total. The zero-order valence-electron chi connectivity index (χ0n) is 14.9. The van der Waals surface area contributed by atoms with Crippen LogP contribution in [0.2, 0.25) is 10.0 Å². The van der Waals surface area contributed by atoms with Gasteiger partial charge in [0.2, 0.25) is 0 Å². The second-order valence-corrected chi connectivity index (χ2v) is 7.37. The molecule has 0 radical (unpaired) electrons. The molecule has 3 rings (SSSR count). The van der Waals surface area contributed by atoms with Gasteiger partial charge in [0, 0.05) is 17.1 Å². The summed E-state index contributed by atoms with van der Waals surface area (Å²) in [6, 6.07) is 15.3. The van der Waals surface area contributed by atoms with Crippen molar-refractivity contribution < 1.29 is 19.2 Å². The van der Waals surface area contributed by atoms with Crippen LogP contribution < -0.4 is 15.0 Å². The molecule has 7 heteroatoms. The highest BCUT2D eigenvalue weighted by Gasteiger charge is 2.24. The van der Waals surface area contributed by atoms with Crippen molar-refractivity contribution in [3.05, 3.63) is 64.1 Å². The quantitative estimate of drug-likeness (QED) is 0.734. The maximum atomic E-state index is 12.0. The van der Waals surface area contributed by atoms with E-state index in [9.17, 15) is 4.79 Å². The van der Waals surface area contributed by atoms with Crippen LogP contribution in [0.25, 0.3) is 0 Å². The third-order valence-corrected chi connectivity index (χ3v) is 4.93. The third kappa shape index (κ3) is 6.40. The fraction of sp³-hybridized carbons (Fsp3) is 0.350. The van der Waals surface area contributed by atoms with Crippen LogP contribution in [0.1, 0.15) is 5.56 Å². The molecule has 1 saturated heterocycles. The van der Waals surface area contributed by atoms with Crippen molar-refractivity contribution in [2.75, 3.05) is 32.8 Å². The van der Waals surface area contributed by atoms with Gasteiger partial charge in [0.1, 0.15) is 31.5 Å². The van der Waals surface area contributed by atoms with E-state index in [0.717, 1.165) is 19.6 Å². The normalized spacial score (nSPS) is 19.5. The Morgan fingerprint density at radius 2 is 2.04 bits per heavy atom. The number of amides is 1. The predicted octanol–water partition coefficient (Wildman–Crippen LogP) is 1.97. The van der Waals surface area contributed by atoms with Gasteiger partial charge in [-0.2, -0.15) is 0 Å². The van der Waals surface area contributed by atoms with Crippen molar-refractivity contribution >= 4 is 29.1 Å². The molecular formula is C20H23Cl2N2O3+. The molecule has 1 aliphatic rings. The number of quaternary nitrogens is 1. The van der Waals surface area contributed by atoms with E-state index in [-0.39, 0.29) is 18.6 Å². The van der Waals surface area contributed by atoms with Gasteiger partial charge in [-0.25, -0.2) is 0 Å². The van der Waals surface area contributed by atoms with Crippen molar-refractivity contribution in [3.63, 3.8) is 0 Å². The van der Waals surface area contributed by atoms with Gasteiger partial charge in [-0.3, -0.25) is 4.79 Å². The molecule has 0 aliphatic carbocycles. The Morgan fingerprint density at radius 3 is 2.81 bits per heavy atom. The molecule has 1 fully saturated rings. The van der Waals surface area contributed by atoms with Gasteiger partial charge in [-0.1, -0.05) is 53.5 Å². The first-order chi connectivity index (χ1) is 13.1. The molecule has 0 spiro atoms. The van der Waals surface area contributed by atoms with E-state index in [1.165, 1.54) is 10.5 Å². The molecule has 0 saturated carbocycles. The lowest BCUT2D eigenvalue weighted by atomic mass is 10.2. The summed E-state index contributed by atoms with van der Waals surface area (Å²) in [5.74, 6) is 0.225. The highest BCUT2D eigenvalue weighted by atomic mass is 35.5. The molecule has 1 unspecified atom stereocenters. The van der Waals surface area contributed by atoms with E-state index in [1.54, 1.807) is 18.2 Å². The summed E-state index contributed by atoms with van der Waals surface area (Å²) in [4.78, 5) is 13.5. The van der Waals surface area contributed by atoms with E-state index in [4.69, 9.17) is 32.7 Å². The van der Waals surface area contributed by atoms with Crippen LogP contribution in [0.15, 0.2) is 48.5 Å². The predicted molar refractivity (Wildman–Crippen MR) is 106 cm³/mol. The Bertz CT molecular complexity index is 758. The third-order valence-electron chi connectivity index (χ3n) is 4.40. The number of benzene rings is 2. The molecule has 1 amide bonds. The maximum absolute atomic E-state index is 12.0. The molecule has 27 heavy (non-hydrogen) atoms. The number of ether oxygens (including phenoxy) is 2.